The molecule has 3 N–H and O–H groups in total. The zero-order valence-electron chi connectivity index (χ0n) is 10.2. The Labute approximate surface area is 106 Å². The van der Waals surface area contributed by atoms with Gasteiger partial charge in [-0.15, -0.1) is 0 Å². The second kappa shape index (κ2) is 5.93. The number of nitrogens with one attached hydrogen (secondary N) is 1. The van der Waals surface area contributed by atoms with Gasteiger partial charge in [-0.25, -0.2) is 9.78 Å². The molecule has 0 saturated heterocycles. The summed E-state index contributed by atoms with van der Waals surface area (Å²) in [6.45, 7) is 0.489. The van der Waals surface area contributed by atoms with Gasteiger partial charge in [0.05, 0.1) is 11.8 Å². The summed E-state index contributed by atoms with van der Waals surface area (Å²) in [5.74, 6) is -1.02. The summed E-state index contributed by atoms with van der Waals surface area (Å²) < 4.78 is 0. The third-order valence-corrected chi connectivity index (χ3v) is 3.30. The van der Waals surface area contributed by atoms with E-state index in [4.69, 9.17) is 5.11 Å². The van der Waals surface area contributed by atoms with Crippen LogP contribution in [0.1, 0.15) is 41.9 Å². The van der Waals surface area contributed by atoms with Crippen molar-refractivity contribution in [1.82, 2.24) is 10.3 Å². The van der Waals surface area contributed by atoms with Crippen LogP contribution in [-0.4, -0.2) is 33.3 Å². The predicted molar refractivity (Wildman–Crippen MR) is 66.3 cm³/mol. The van der Waals surface area contributed by atoms with Gasteiger partial charge in [-0.05, 0) is 25.0 Å². The van der Waals surface area contributed by atoms with Crippen LogP contribution >= 0.6 is 0 Å². The summed E-state index contributed by atoms with van der Waals surface area (Å²) in [4.78, 5) is 14.8. The van der Waals surface area contributed by atoms with Crippen LogP contribution < -0.4 is 5.32 Å². The molecule has 1 saturated carbocycles. The summed E-state index contributed by atoms with van der Waals surface area (Å²) in [6.07, 6.45) is 3.69. The van der Waals surface area contributed by atoms with Gasteiger partial charge in [0.2, 0.25) is 0 Å². The SMILES string of the molecule is O=C(O)c1cccc(CN[C@@H]2CCCC[C@H]2O)n1. The zero-order chi connectivity index (χ0) is 13.0. The maximum absolute atomic E-state index is 10.8. The van der Waals surface area contributed by atoms with Crippen LogP contribution in [0.25, 0.3) is 0 Å². The van der Waals surface area contributed by atoms with Gasteiger partial charge in [0.25, 0.3) is 0 Å². The van der Waals surface area contributed by atoms with E-state index < -0.39 is 5.97 Å². The van der Waals surface area contributed by atoms with E-state index >= 15 is 0 Å². The number of carboxylic acid groups (broad SMARTS) is 1. The Kier molecular flexibility index (Phi) is 4.28. The summed E-state index contributed by atoms with van der Waals surface area (Å²) in [5.41, 5.74) is 0.742. The zero-order valence-corrected chi connectivity index (χ0v) is 10.2. The highest BCUT2D eigenvalue weighted by Gasteiger charge is 2.22. The highest BCUT2D eigenvalue weighted by atomic mass is 16.4. The van der Waals surface area contributed by atoms with Crippen molar-refractivity contribution in [3.05, 3.63) is 29.6 Å². The molecular formula is C13H18N2O3. The minimum atomic E-state index is -1.02. The fourth-order valence-electron chi connectivity index (χ4n) is 2.28. The van der Waals surface area contributed by atoms with Crippen molar-refractivity contribution in [2.45, 2.75) is 44.4 Å². The fourth-order valence-corrected chi connectivity index (χ4v) is 2.28. The van der Waals surface area contributed by atoms with Gasteiger partial charge in [-0.3, -0.25) is 0 Å². The summed E-state index contributed by atoms with van der Waals surface area (Å²) in [6, 6.07) is 5.04. The van der Waals surface area contributed by atoms with Crippen molar-refractivity contribution in [3.8, 4) is 0 Å². The van der Waals surface area contributed by atoms with Gasteiger partial charge in [-0.2, -0.15) is 0 Å². The first-order valence-electron chi connectivity index (χ1n) is 6.27. The molecule has 5 heteroatoms. The molecule has 5 nitrogen and oxygen atoms in total. The lowest BCUT2D eigenvalue weighted by atomic mass is 9.92. The Morgan fingerprint density at radius 3 is 2.89 bits per heavy atom. The Morgan fingerprint density at radius 2 is 2.17 bits per heavy atom. The van der Waals surface area contributed by atoms with Crippen molar-refractivity contribution in [1.29, 1.82) is 0 Å². The van der Waals surface area contributed by atoms with Gasteiger partial charge in [0, 0.05) is 12.6 Å². The molecule has 1 aromatic heterocycles. The van der Waals surface area contributed by atoms with E-state index in [1.165, 1.54) is 6.07 Å². The van der Waals surface area contributed by atoms with E-state index in [0.717, 1.165) is 25.7 Å². The van der Waals surface area contributed by atoms with Crippen LogP contribution in [0, 0.1) is 0 Å². The van der Waals surface area contributed by atoms with E-state index in [2.05, 4.69) is 10.3 Å². The molecule has 2 rings (SSSR count). The van der Waals surface area contributed by atoms with Crippen LogP contribution in [0.5, 0.6) is 0 Å². The van der Waals surface area contributed by atoms with Crippen LogP contribution in [0.4, 0.5) is 0 Å². The Balaban J connectivity index is 1.93. The molecule has 1 fully saturated rings. The topological polar surface area (TPSA) is 82.5 Å². The normalized spacial score (nSPS) is 23.8. The van der Waals surface area contributed by atoms with Gasteiger partial charge < -0.3 is 15.5 Å². The molecule has 98 valence electrons. The molecule has 0 radical (unpaired) electrons. The Bertz CT molecular complexity index is 422. The molecule has 1 aliphatic carbocycles. The Hall–Kier alpha value is -1.46. The van der Waals surface area contributed by atoms with E-state index in [1.807, 2.05) is 0 Å². The van der Waals surface area contributed by atoms with Crippen LogP contribution in [0.15, 0.2) is 18.2 Å². The number of aliphatic hydroxyl groups is 1. The number of rotatable bonds is 4. The van der Waals surface area contributed by atoms with Crippen molar-refractivity contribution in [2.75, 3.05) is 0 Å². The average molecular weight is 250 g/mol. The first kappa shape index (κ1) is 13.0. The van der Waals surface area contributed by atoms with Crippen molar-refractivity contribution >= 4 is 5.97 Å². The quantitative estimate of drug-likeness (QED) is 0.747. The molecule has 1 heterocycles. The molecule has 1 aliphatic rings. The molecular weight excluding hydrogens is 232 g/mol. The number of hydrogen-bond donors (Lipinski definition) is 3. The minimum absolute atomic E-state index is 0.0542. The summed E-state index contributed by atoms with van der Waals surface area (Å²) in [5, 5.41) is 21.9. The molecule has 18 heavy (non-hydrogen) atoms. The van der Waals surface area contributed by atoms with E-state index in [9.17, 15) is 9.90 Å². The monoisotopic (exact) mass is 250 g/mol. The molecule has 0 bridgehead atoms. The third-order valence-electron chi connectivity index (χ3n) is 3.30. The van der Waals surface area contributed by atoms with Crippen molar-refractivity contribution < 1.29 is 15.0 Å². The van der Waals surface area contributed by atoms with Gasteiger partial charge in [0.1, 0.15) is 5.69 Å². The first-order chi connectivity index (χ1) is 8.66. The molecule has 0 aromatic carbocycles. The number of aliphatic hydroxyl groups excluding tert-OH is 1. The maximum Gasteiger partial charge on any atom is 0.354 e. The highest BCUT2D eigenvalue weighted by molar-refractivity contribution is 5.85. The van der Waals surface area contributed by atoms with Gasteiger partial charge in [0.15, 0.2) is 0 Å². The summed E-state index contributed by atoms with van der Waals surface area (Å²) in [7, 11) is 0. The molecule has 0 aliphatic heterocycles. The van der Waals surface area contributed by atoms with Crippen LogP contribution in [0.2, 0.25) is 0 Å². The number of hydrogen-bond acceptors (Lipinski definition) is 4. The number of nitrogens with zero attached hydrogens (tertiary/aromatic N) is 1. The number of aromatic carboxylic acids is 1. The van der Waals surface area contributed by atoms with E-state index in [-0.39, 0.29) is 17.8 Å². The van der Waals surface area contributed by atoms with Crippen molar-refractivity contribution in [2.24, 2.45) is 0 Å². The number of carboxylic acids is 1. The molecule has 1 aromatic rings. The maximum atomic E-state index is 10.8. The number of pyridine rings is 1. The lowest BCUT2D eigenvalue weighted by Gasteiger charge is -2.28. The number of aromatic nitrogens is 1. The third kappa shape index (κ3) is 3.27. The second-order valence-electron chi connectivity index (χ2n) is 4.66. The minimum Gasteiger partial charge on any atom is -0.477 e. The first-order valence-corrected chi connectivity index (χ1v) is 6.27. The number of carbonyl (C=O) groups is 1. The fraction of sp³-hybridized carbons (Fsp3) is 0.538. The molecule has 2 atom stereocenters. The predicted octanol–water partition coefficient (Wildman–Crippen LogP) is 1.17. The van der Waals surface area contributed by atoms with Crippen molar-refractivity contribution in [3.63, 3.8) is 0 Å². The molecule has 0 spiro atoms. The lowest BCUT2D eigenvalue weighted by molar-refractivity contribution is 0.0689. The Morgan fingerprint density at radius 1 is 1.39 bits per heavy atom. The second-order valence-corrected chi connectivity index (χ2v) is 4.66. The lowest BCUT2D eigenvalue weighted by Crippen LogP contribution is -2.41. The standard InChI is InChI=1S/C13H18N2O3/c16-12-7-2-1-5-10(12)14-8-9-4-3-6-11(15-9)13(17)18/h3-4,6,10,12,14,16H,1-2,5,7-8H2,(H,17,18)/t10-,12-/m1/s1. The average Bonchev–Trinajstić information content (AvgIpc) is 2.38. The smallest absolute Gasteiger partial charge is 0.354 e. The van der Waals surface area contributed by atoms with E-state index in [1.54, 1.807) is 12.1 Å². The largest absolute Gasteiger partial charge is 0.477 e. The van der Waals surface area contributed by atoms with E-state index in [0.29, 0.717) is 12.2 Å². The van der Waals surface area contributed by atoms with Crippen LogP contribution in [0.3, 0.4) is 0 Å². The molecule has 0 unspecified atom stereocenters. The van der Waals surface area contributed by atoms with Crippen LogP contribution in [-0.2, 0) is 6.54 Å². The van der Waals surface area contributed by atoms with Gasteiger partial charge in [-0.1, -0.05) is 18.9 Å². The molecule has 0 amide bonds. The summed E-state index contributed by atoms with van der Waals surface area (Å²) >= 11 is 0. The highest BCUT2D eigenvalue weighted by Crippen LogP contribution is 2.18. The van der Waals surface area contributed by atoms with Gasteiger partial charge >= 0.3 is 5.97 Å².